The van der Waals surface area contributed by atoms with Gasteiger partial charge in [-0.05, 0) is 92.3 Å². The predicted octanol–water partition coefficient (Wildman–Crippen LogP) is 6.34. The van der Waals surface area contributed by atoms with E-state index in [0.717, 1.165) is 45.5 Å². The van der Waals surface area contributed by atoms with Gasteiger partial charge in [-0.25, -0.2) is 0 Å². The zero-order valence-electron chi connectivity index (χ0n) is 20.5. The largest absolute Gasteiger partial charge is 0.497 e. The van der Waals surface area contributed by atoms with Crippen molar-refractivity contribution in [3.8, 4) is 17.2 Å². The summed E-state index contributed by atoms with van der Waals surface area (Å²) in [6.07, 6.45) is 1.81. The Kier molecular flexibility index (Phi) is 6.60. The van der Waals surface area contributed by atoms with E-state index in [-0.39, 0.29) is 12.1 Å². The van der Waals surface area contributed by atoms with E-state index < -0.39 is 0 Å². The first kappa shape index (κ1) is 24.2. The van der Waals surface area contributed by atoms with Gasteiger partial charge < -0.3 is 24.3 Å². The highest BCUT2D eigenvalue weighted by Gasteiger charge is 2.42. The summed E-state index contributed by atoms with van der Waals surface area (Å²) in [7, 11) is 3.33. The minimum Gasteiger partial charge on any atom is -0.497 e. The fourth-order valence-electron chi connectivity index (χ4n) is 4.99. The van der Waals surface area contributed by atoms with E-state index >= 15 is 0 Å². The lowest BCUT2D eigenvalue weighted by Gasteiger charge is -2.28. The van der Waals surface area contributed by atoms with Gasteiger partial charge in [-0.3, -0.25) is 4.98 Å². The second-order valence-corrected chi connectivity index (χ2v) is 9.50. The molecule has 3 heterocycles. The quantitative estimate of drug-likeness (QED) is 0.301. The summed E-state index contributed by atoms with van der Waals surface area (Å²) in [5, 5.41) is 4.82. The summed E-state index contributed by atoms with van der Waals surface area (Å²) in [5.74, 6) is 1.54. The van der Waals surface area contributed by atoms with Crippen LogP contribution in [0.5, 0.6) is 11.5 Å². The summed E-state index contributed by atoms with van der Waals surface area (Å²) >= 11 is 12.3. The molecule has 0 bridgehead atoms. The number of methoxy groups -OCH3 is 2. The Balaban J connectivity index is 1.69. The molecule has 0 amide bonds. The molecule has 0 aliphatic carbocycles. The van der Waals surface area contributed by atoms with Crippen molar-refractivity contribution in [3.63, 3.8) is 0 Å². The second-order valence-electron chi connectivity index (χ2n) is 8.67. The lowest BCUT2D eigenvalue weighted by Crippen LogP contribution is -2.29. The van der Waals surface area contributed by atoms with E-state index in [4.69, 9.17) is 33.3 Å². The van der Waals surface area contributed by atoms with Crippen molar-refractivity contribution in [1.82, 2.24) is 14.9 Å². The number of pyridine rings is 1. The highest BCUT2D eigenvalue weighted by atomic mass is 35.5. The molecule has 2 aromatic carbocycles. The van der Waals surface area contributed by atoms with Crippen molar-refractivity contribution in [2.45, 2.75) is 25.9 Å². The molecule has 0 unspecified atom stereocenters. The number of rotatable bonds is 6. The molecule has 184 valence electrons. The third-order valence-electron chi connectivity index (χ3n) is 6.62. The van der Waals surface area contributed by atoms with Gasteiger partial charge in [-0.1, -0.05) is 17.7 Å². The number of benzene rings is 2. The molecule has 6 nitrogen and oxygen atoms in total. The van der Waals surface area contributed by atoms with Crippen molar-refractivity contribution in [1.29, 1.82) is 0 Å². The SMILES string of the molecule is COc1ccc(N2C(=S)N[C@@H](c3ccccn3)[C@H]2c2cc(C)n(-c3cc(Cl)ccc3OC)c2C)cc1. The molecular weight excluding hydrogens is 492 g/mol. The first-order chi connectivity index (χ1) is 17.4. The summed E-state index contributed by atoms with van der Waals surface area (Å²) in [6.45, 7) is 4.21. The lowest BCUT2D eigenvalue weighted by atomic mass is 9.96. The fraction of sp³-hybridized carbons (Fsp3) is 0.214. The average molecular weight is 519 g/mol. The summed E-state index contributed by atoms with van der Waals surface area (Å²) in [6, 6.07) is 21.5. The monoisotopic (exact) mass is 518 g/mol. The van der Waals surface area contributed by atoms with Crippen LogP contribution in [0.1, 0.15) is 34.7 Å². The number of ether oxygens (including phenoxy) is 2. The van der Waals surface area contributed by atoms with Crippen LogP contribution in [0.2, 0.25) is 5.02 Å². The lowest BCUT2D eigenvalue weighted by molar-refractivity contribution is 0.412. The topological polar surface area (TPSA) is 51.5 Å². The highest BCUT2D eigenvalue weighted by molar-refractivity contribution is 7.80. The normalized spacial score (nSPS) is 17.2. The van der Waals surface area contributed by atoms with Crippen molar-refractivity contribution >= 4 is 34.6 Å². The summed E-state index contributed by atoms with van der Waals surface area (Å²) in [5.41, 5.74) is 6.06. The third kappa shape index (κ3) is 4.18. The molecule has 0 spiro atoms. The second kappa shape index (κ2) is 9.84. The Hall–Kier alpha value is -3.55. The average Bonchev–Trinajstić information content (AvgIpc) is 3.39. The van der Waals surface area contributed by atoms with E-state index in [0.29, 0.717) is 10.1 Å². The van der Waals surface area contributed by atoms with Gasteiger partial charge in [0, 0.05) is 28.3 Å². The number of hydrogen-bond acceptors (Lipinski definition) is 4. The molecule has 1 fully saturated rings. The summed E-state index contributed by atoms with van der Waals surface area (Å²) < 4.78 is 13.2. The Morgan fingerprint density at radius 1 is 0.972 bits per heavy atom. The molecular formula is C28H27ClN4O2S. The minimum absolute atomic E-state index is 0.133. The Labute approximate surface area is 221 Å². The van der Waals surface area contributed by atoms with Crippen LogP contribution in [0.15, 0.2) is 72.9 Å². The van der Waals surface area contributed by atoms with Crippen LogP contribution in [0.4, 0.5) is 5.69 Å². The minimum atomic E-state index is -0.143. The first-order valence-corrected chi connectivity index (χ1v) is 12.4. The van der Waals surface area contributed by atoms with E-state index in [2.05, 4.69) is 39.7 Å². The number of anilines is 1. The number of aromatic nitrogens is 2. The molecule has 4 aromatic rings. The van der Waals surface area contributed by atoms with Crippen LogP contribution in [0.25, 0.3) is 5.69 Å². The number of nitrogens with zero attached hydrogens (tertiary/aromatic N) is 3. The Morgan fingerprint density at radius 2 is 1.75 bits per heavy atom. The molecule has 1 saturated heterocycles. The van der Waals surface area contributed by atoms with Gasteiger partial charge in [0.05, 0.1) is 37.7 Å². The summed E-state index contributed by atoms with van der Waals surface area (Å²) in [4.78, 5) is 6.83. The molecule has 8 heteroatoms. The van der Waals surface area contributed by atoms with Crippen LogP contribution in [-0.4, -0.2) is 28.9 Å². The number of aryl methyl sites for hydroxylation is 1. The molecule has 36 heavy (non-hydrogen) atoms. The van der Waals surface area contributed by atoms with Crippen molar-refractivity contribution < 1.29 is 9.47 Å². The number of halogens is 1. The predicted molar refractivity (Wildman–Crippen MR) is 148 cm³/mol. The van der Waals surface area contributed by atoms with Crippen LogP contribution < -0.4 is 19.7 Å². The van der Waals surface area contributed by atoms with Gasteiger partial charge in [0.15, 0.2) is 5.11 Å². The molecule has 1 N–H and O–H groups in total. The first-order valence-electron chi connectivity index (χ1n) is 11.6. The maximum Gasteiger partial charge on any atom is 0.174 e. The number of thiocarbonyl (C=S) groups is 1. The smallest absolute Gasteiger partial charge is 0.174 e. The van der Waals surface area contributed by atoms with Gasteiger partial charge >= 0.3 is 0 Å². The van der Waals surface area contributed by atoms with Gasteiger partial charge in [0.1, 0.15) is 11.5 Å². The molecule has 5 rings (SSSR count). The molecule has 2 atom stereocenters. The zero-order chi connectivity index (χ0) is 25.4. The third-order valence-corrected chi connectivity index (χ3v) is 7.17. The van der Waals surface area contributed by atoms with Crippen LogP contribution in [0, 0.1) is 13.8 Å². The van der Waals surface area contributed by atoms with Gasteiger partial charge in [-0.2, -0.15) is 0 Å². The maximum absolute atomic E-state index is 6.39. The molecule has 0 radical (unpaired) electrons. The van der Waals surface area contributed by atoms with E-state index in [9.17, 15) is 0 Å². The van der Waals surface area contributed by atoms with Crippen molar-refractivity contribution in [2.75, 3.05) is 19.1 Å². The molecule has 1 aliphatic rings. The molecule has 0 saturated carbocycles. The van der Waals surface area contributed by atoms with Crippen molar-refractivity contribution in [3.05, 3.63) is 101 Å². The number of hydrogen-bond donors (Lipinski definition) is 1. The van der Waals surface area contributed by atoms with Crippen LogP contribution >= 0.6 is 23.8 Å². The van der Waals surface area contributed by atoms with Crippen molar-refractivity contribution in [2.24, 2.45) is 0 Å². The number of nitrogens with one attached hydrogen (secondary N) is 1. The maximum atomic E-state index is 6.39. The van der Waals surface area contributed by atoms with Gasteiger partial charge in [0.25, 0.3) is 0 Å². The van der Waals surface area contributed by atoms with E-state index in [1.807, 2.05) is 66.9 Å². The standard InChI is InChI=1S/C28H27ClN4O2S/c1-17-15-22(18(2)32(17)24-16-19(29)8-13-25(24)35-4)27-26(23-7-5-6-14-30-23)31-28(36)33(27)20-9-11-21(34-3)12-10-20/h5-16,26-27H,1-4H3,(H,31,36)/t26-,27+/m0/s1. The van der Waals surface area contributed by atoms with Crippen LogP contribution in [0.3, 0.4) is 0 Å². The fourth-order valence-corrected chi connectivity index (χ4v) is 5.50. The van der Waals surface area contributed by atoms with E-state index in [1.54, 1.807) is 14.2 Å². The van der Waals surface area contributed by atoms with Crippen LogP contribution in [-0.2, 0) is 0 Å². The highest BCUT2D eigenvalue weighted by Crippen LogP contribution is 2.44. The van der Waals surface area contributed by atoms with Gasteiger partial charge in [-0.15, -0.1) is 0 Å². The van der Waals surface area contributed by atoms with Gasteiger partial charge in [0.2, 0.25) is 0 Å². The molecule has 1 aliphatic heterocycles. The Bertz CT molecular complexity index is 1410. The Morgan fingerprint density at radius 3 is 2.42 bits per heavy atom. The molecule has 2 aromatic heterocycles. The zero-order valence-corrected chi connectivity index (χ0v) is 22.1. The van der Waals surface area contributed by atoms with E-state index in [1.165, 1.54) is 0 Å².